The minimum atomic E-state index is -1.74. The average Bonchev–Trinajstić information content (AvgIpc) is 2.08. The molecule has 0 aromatic carbocycles. The molecule has 0 bridgehead atoms. The molecule has 0 amide bonds. The van der Waals surface area contributed by atoms with Gasteiger partial charge in [-0.2, -0.15) is 0 Å². The SMILES string of the molecule is CNC(C)CC1C=CC(O)(O)C=C1. The Kier molecular flexibility index (Phi) is 3.25. The van der Waals surface area contributed by atoms with Crippen LogP contribution in [0.25, 0.3) is 0 Å². The van der Waals surface area contributed by atoms with Crippen LogP contribution in [-0.4, -0.2) is 29.1 Å². The van der Waals surface area contributed by atoms with Crippen LogP contribution >= 0.6 is 0 Å². The van der Waals surface area contributed by atoms with E-state index in [0.29, 0.717) is 12.0 Å². The molecule has 3 N–H and O–H groups in total. The van der Waals surface area contributed by atoms with Crippen molar-refractivity contribution in [2.24, 2.45) is 5.92 Å². The van der Waals surface area contributed by atoms with Crippen LogP contribution in [-0.2, 0) is 0 Å². The van der Waals surface area contributed by atoms with Gasteiger partial charge in [0.25, 0.3) is 0 Å². The van der Waals surface area contributed by atoms with Crippen LogP contribution < -0.4 is 5.32 Å². The molecule has 0 spiro atoms. The Labute approximate surface area is 78.8 Å². The number of hydrogen-bond acceptors (Lipinski definition) is 3. The van der Waals surface area contributed by atoms with Crippen molar-refractivity contribution in [2.45, 2.75) is 25.2 Å². The van der Waals surface area contributed by atoms with Gasteiger partial charge in [-0.25, -0.2) is 0 Å². The molecular formula is C10H17NO2. The Balaban J connectivity index is 2.45. The van der Waals surface area contributed by atoms with Crippen LogP contribution in [0.15, 0.2) is 24.3 Å². The van der Waals surface area contributed by atoms with Gasteiger partial charge in [-0.15, -0.1) is 0 Å². The monoisotopic (exact) mass is 183 g/mol. The fourth-order valence-corrected chi connectivity index (χ4v) is 1.33. The van der Waals surface area contributed by atoms with Gasteiger partial charge in [-0.05, 0) is 38.5 Å². The van der Waals surface area contributed by atoms with E-state index in [1.54, 1.807) is 0 Å². The van der Waals surface area contributed by atoms with Gasteiger partial charge in [0.15, 0.2) is 0 Å². The van der Waals surface area contributed by atoms with E-state index in [2.05, 4.69) is 12.2 Å². The molecule has 3 heteroatoms. The van der Waals surface area contributed by atoms with Gasteiger partial charge in [0.1, 0.15) is 0 Å². The fourth-order valence-electron chi connectivity index (χ4n) is 1.33. The summed E-state index contributed by atoms with van der Waals surface area (Å²) in [6, 6.07) is 0.434. The zero-order valence-corrected chi connectivity index (χ0v) is 8.07. The molecule has 1 atom stereocenters. The zero-order valence-electron chi connectivity index (χ0n) is 8.07. The first kappa shape index (κ1) is 10.4. The third-order valence-electron chi connectivity index (χ3n) is 2.30. The number of rotatable bonds is 3. The quantitative estimate of drug-likeness (QED) is 0.439. The van der Waals surface area contributed by atoms with Crippen molar-refractivity contribution in [3.05, 3.63) is 24.3 Å². The van der Waals surface area contributed by atoms with Crippen molar-refractivity contribution in [3.63, 3.8) is 0 Å². The Morgan fingerprint density at radius 2 is 1.92 bits per heavy atom. The van der Waals surface area contributed by atoms with E-state index in [-0.39, 0.29) is 0 Å². The van der Waals surface area contributed by atoms with E-state index >= 15 is 0 Å². The van der Waals surface area contributed by atoms with E-state index < -0.39 is 5.79 Å². The first-order valence-electron chi connectivity index (χ1n) is 4.54. The number of hydrogen-bond donors (Lipinski definition) is 3. The molecule has 0 aromatic rings. The van der Waals surface area contributed by atoms with E-state index in [1.165, 1.54) is 12.2 Å². The topological polar surface area (TPSA) is 52.5 Å². The van der Waals surface area contributed by atoms with Crippen LogP contribution in [0.5, 0.6) is 0 Å². The minimum absolute atomic E-state index is 0.301. The predicted octanol–water partition coefficient (Wildman–Crippen LogP) is 0.407. The second-order valence-electron chi connectivity index (χ2n) is 3.59. The van der Waals surface area contributed by atoms with E-state index in [1.807, 2.05) is 19.2 Å². The Hall–Kier alpha value is -0.640. The van der Waals surface area contributed by atoms with Crippen molar-refractivity contribution in [3.8, 4) is 0 Å². The third kappa shape index (κ3) is 3.30. The largest absolute Gasteiger partial charge is 0.359 e. The van der Waals surface area contributed by atoms with E-state index in [0.717, 1.165) is 6.42 Å². The molecule has 0 saturated carbocycles. The molecule has 1 aliphatic carbocycles. The minimum Gasteiger partial charge on any atom is -0.359 e. The first-order chi connectivity index (χ1) is 6.03. The molecule has 0 fully saturated rings. The molecule has 0 saturated heterocycles. The van der Waals surface area contributed by atoms with Crippen LogP contribution in [0.2, 0.25) is 0 Å². The van der Waals surface area contributed by atoms with Gasteiger partial charge in [0.2, 0.25) is 5.79 Å². The molecule has 0 heterocycles. The summed E-state index contributed by atoms with van der Waals surface area (Å²) in [4.78, 5) is 0. The highest BCUT2D eigenvalue weighted by molar-refractivity contribution is 5.18. The zero-order chi connectivity index (χ0) is 9.90. The van der Waals surface area contributed by atoms with Crippen molar-refractivity contribution >= 4 is 0 Å². The standard InChI is InChI=1S/C10H17NO2/c1-8(11-2)7-9-3-5-10(12,13)6-4-9/h3-6,8-9,11-13H,7H2,1-2H3. The van der Waals surface area contributed by atoms with Gasteiger partial charge in [0.05, 0.1) is 0 Å². The van der Waals surface area contributed by atoms with Crippen LogP contribution in [0.1, 0.15) is 13.3 Å². The van der Waals surface area contributed by atoms with Crippen LogP contribution in [0, 0.1) is 5.92 Å². The van der Waals surface area contributed by atoms with Crippen molar-refractivity contribution < 1.29 is 10.2 Å². The second-order valence-corrected chi connectivity index (χ2v) is 3.59. The average molecular weight is 183 g/mol. The lowest BCUT2D eigenvalue weighted by atomic mass is 9.94. The fraction of sp³-hybridized carbons (Fsp3) is 0.600. The molecule has 13 heavy (non-hydrogen) atoms. The molecule has 1 aliphatic rings. The summed E-state index contributed by atoms with van der Waals surface area (Å²) >= 11 is 0. The van der Waals surface area contributed by atoms with Crippen molar-refractivity contribution in [1.82, 2.24) is 5.32 Å². The van der Waals surface area contributed by atoms with Gasteiger partial charge in [0, 0.05) is 6.04 Å². The number of aliphatic hydroxyl groups is 2. The Morgan fingerprint density at radius 3 is 2.38 bits per heavy atom. The van der Waals surface area contributed by atoms with Gasteiger partial charge < -0.3 is 15.5 Å². The van der Waals surface area contributed by atoms with E-state index in [4.69, 9.17) is 10.2 Å². The summed E-state index contributed by atoms with van der Waals surface area (Å²) in [6.07, 6.45) is 7.46. The maximum absolute atomic E-state index is 9.15. The molecule has 0 aromatic heterocycles. The Bertz CT molecular complexity index is 205. The molecule has 1 rings (SSSR count). The van der Waals surface area contributed by atoms with E-state index in [9.17, 15) is 0 Å². The maximum atomic E-state index is 9.15. The van der Waals surface area contributed by atoms with Crippen LogP contribution in [0.4, 0.5) is 0 Å². The molecule has 74 valence electrons. The molecular weight excluding hydrogens is 166 g/mol. The molecule has 1 unspecified atom stereocenters. The lowest BCUT2D eigenvalue weighted by molar-refractivity contribution is -0.0759. The van der Waals surface area contributed by atoms with Crippen molar-refractivity contribution in [1.29, 1.82) is 0 Å². The summed E-state index contributed by atoms with van der Waals surface area (Å²) in [7, 11) is 1.92. The summed E-state index contributed by atoms with van der Waals surface area (Å²) in [5.74, 6) is -1.44. The summed E-state index contributed by atoms with van der Waals surface area (Å²) in [5, 5.41) is 21.4. The predicted molar refractivity (Wildman–Crippen MR) is 52.1 cm³/mol. The van der Waals surface area contributed by atoms with Gasteiger partial charge in [-0.1, -0.05) is 12.2 Å². The second kappa shape index (κ2) is 4.05. The highest BCUT2D eigenvalue weighted by Gasteiger charge is 2.19. The normalized spacial score (nSPS) is 23.4. The highest BCUT2D eigenvalue weighted by Crippen LogP contribution is 2.19. The smallest absolute Gasteiger partial charge is 0.202 e. The summed E-state index contributed by atoms with van der Waals surface area (Å²) in [6.45, 7) is 2.10. The first-order valence-corrected chi connectivity index (χ1v) is 4.54. The Morgan fingerprint density at radius 1 is 1.38 bits per heavy atom. The van der Waals surface area contributed by atoms with Gasteiger partial charge in [-0.3, -0.25) is 0 Å². The highest BCUT2D eigenvalue weighted by atomic mass is 16.5. The van der Waals surface area contributed by atoms with Crippen molar-refractivity contribution in [2.75, 3.05) is 7.05 Å². The summed E-state index contributed by atoms with van der Waals surface area (Å²) < 4.78 is 0. The number of nitrogens with one attached hydrogen (secondary N) is 1. The lowest BCUT2D eigenvalue weighted by Gasteiger charge is -2.21. The lowest BCUT2D eigenvalue weighted by Crippen LogP contribution is -2.27. The number of allylic oxidation sites excluding steroid dienone is 2. The maximum Gasteiger partial charge on any atom is 0.202 e. The van der Waals surface area contributed by atoms with Gasteiger partial charge >= 0.3 is 0 Å². The molecule has 0 radical (unpaired) electrons. The molecule has 3 nitrogen and oxygen atoms in total. The summed E-state index contributed by atoms with van der Waals surface area (Å²) in [5.41, 5.74) is 0. The third-order valence-corrected chi connectivity index (χ3v) is 2.30. The van der Waals surface area contributed by atoms with Crippen LogP contribution in [0.3, 0.4) is 0 Å². The molecule has 0 aliphatic heterocycles.